The summed E-state index contributed by atoms with van der Waals surface area (Å²) in [6, 6.07) is 52.2. The largest absolute Gasteiger partial charge is 0.172 e. The van der Waals surface area contributed by atoms with Crippen molar-refractivity contribution < 1.29 is 0 Å². The van der Waals surface area contributed by atoms with Crippen molar-refractivity contribution in [2.45, 2.75) is 0 Å². The summed E-state index contributed by atoms with van der Waals surface area (Å²) in [5.41, 5.74) is 11.6. The number of benzene rings is 7. The Morgan fingerprint density at radius 2 is 0.732 bits per heavy atom. The number of aromatic nitrogens is 2. The van der Waals surface area contributed by atoms with E-state index in [0.29, 0.717) is 0 Å². The molecule has 0 unspecified atom stereocenters. The maximum absolute atomic E-state index is 4.70. The Morgan fingerprint density at radius 1 is 0.293 bits per heavy atom. The predicted molar refractivity (Wildman–Crippen MR) is 174 cm³/mol. The van der Waals surface area contributed by atoms with Gasteiger partial charge in [0.15, 0.2) is 0 Å². The van der Waals surface area contributed by atoms with Gasteiger partial charge in [-0.15, -0.1) is 0 Å². The molecule has 0 bridgehead atoms. The van der Waals surface area contributed by atoms with E-state index < -0.39 is 0 Å². The molecule has 1 heterocycles. The van der Waals surface area contributed by atoms with E-state index in [0.717, 1.165) is 21.8 Å². The first-order chi connectivity index (χ1) is 20.3. The SMILES string of the molecule is c1ccc(-c2cc(-c3ccccc3)cc(-c3cccc(-c4ccc5c6ccccc6c6nsnc6c5c4)c3)c2)cc1. The van der Waals surface area contributed by atoms with Gasteiger partial charge >= 0.3 is 0 Å². The summed E-state index contributed by atoms with van der Waals surface area (Å²) < 4.78 is 9.35. The quantitative estimate of drug-likeness (QED) is 0.208. The van der Waals surface area contributed by atoms with Gasteiger partial charge in [-0.05, 0) is 85.6 Å². The first kappa shape index (κ1) is 23.7. The fourth-order valence-electron chi connectivity index (χ4n) is 5.89. The minimum absolute atomic E-state index is 0.977. The van der Waals surface area contributed by atoms with Crippen molar-refractivity contribution in [3.8, 4) is 44.5 Å². The monoisotopic (exact) mass is 540 g/mol. The van der Waals surface area contributed by atoms with Crippen molar-refractivity contribution >= 4 is 44.3 Å². The van der Waals surface area contributed by atoms with Crippen LogP contribution in [0, 0.1) is 0 Å². The van der Waals surface area contributed by atoms with Gasteiger partial charge in [0, 0.05) is 10.8 Å². The zero-order valence-electron chi connectivity index (χ0n) is 22.2. The average molecular weight is 541 g/mol. The molecule has 192 valence electrons. The number of nitrogens with zero attached hydrogens (tertiary/aromatic N) is 2. The summed E-state index contributed by atoms with van der Waals surface area (Å²) in [5, 5.41) is 4.73. The van der Waals surface area contributed by atoms with Crippen molar-refractivity contribution in [2.24, 2.45) is 0 Å². The molecule has 0 aliphatic heterocycles. The van der Waals surface area contributed by atoms with E-state index >= 15 is 0 Å². The molecule has 0 fully saturated rings. The number of hydrogen-bond acceptors (Lipinski definition) is 3. The Bertz CT molecular complexity index is 2140. The van der Waals surface area contributed by atoms with Crippen LogP contribution < -0.4 is 0 Å². The lowest BCUT2D eigenvalue weighted by Crippen LogP contribution is -1.87. The first-order valence-corrected chi connectivity index (χ1v) is 14.5. The molecule has 0 saturated carbocycles. The third-order valence-corrected chi connectivity index (χ3v) is 8.44. The molecular weight excluding hydrogens is 516 g/mol. The number of hydrogen-bond donors (Lipinski definition) is 0. The van der Waals surface area contributed by atoms with Crippen LogP contribution in [0.5, 0.6) is 0 Å². The van der Waals surface area contributed by atoms with Crippen LogP contribution in [0.3, 0.4) is 0 Å². The Hall–Kier alpha value is -5.12. The highest BCUT2D eigenvalue weighted by Gasteiger charge is 2.13. The highest BCUT2D eigenvalue weighted by Crippen LogP contribution is 2.38. The number of fused-ring (bicyclic) bond motifs is 6. The molecule has 0 atom stereocenters. The van der Waals surface area contributed by atoms with Gasteiger partial charge in [-0.2, -0.15) is 8.75 Å². The molecule has 8 aromatic rings. The molecule has 8 rings (SSSR count). The minimum atomic E-state index is 0.977. The van der Waals surface area contributed by atoms with Crippen LogP contribution in [0.25, 0.3) is 77.1 Å². The van der Waals surface area contributed by atoms with Crippen LogP contribution >= 0.6 is 11.7 Å². The van der Waals surface area contributed by atoms with Crippen LogP contribution in [-0.2, 0) is 0 Å². The highest BCUT2D eigenvalue weighted by molar-refractivity contribution is 7.00. The first-order valence-electron chi connectivity index (χ1n) is 13.8. The maximum atomic E-state index is 4.70. The van der Waals surface area contributed by atoms with Gasteiger partial charge < -0.3 is 0 Å². The second-order valence-corrected chi connectivity index (χ2v) is 10.9. The van der Waals surface area contributed by atoms with Crippen molar-refractivity contribution in [2.75, 3.05) is 0 Å². The van der Waals surface area contributed by atoms with Gasteiger partial charge in [-0.3, -0.25) is 0 Å². The highest BCUT2D eigenvalue weighted by atomic mass is 32.1. The maximum Gasteiger partial charge on any atom is 0.113 e. The third kappa shape index (κ3) is 4.19. The molecule has 7 aromatic carbocycles. The van der Waals surface area contributed by atoms with E-state index in [4.69, 9.17) is 4.37 Å². The van der Waals surface area contributed by atoms with E-state index in [2.05, 4.69) is 150 Å². The van der Waals surface area contributed by atoms with Gasteiger partial charge in [0.25, 0.3) is 0 Å². The molecule has 3 heteroatoms. The Morgan fingerprint density at radius 3 is 1.39 bits per heavy atom. The van der Waals surface area contributed by atoms with Crippen LogP contribution in [0.4, 0.5) is 0 Å². The molecule has 41 heavy (non-hydrogen) atoms. The lowest BCUT2D eigenvalue weighted by atomic mass is 9.91. The van der Waals surface area contributed by atoms with Gasteiger partial charge in [0.1, 0.15) is 11.0 Å². The summed E-state index contributed by atoms with van der Waals surface area (Å²) in [6.07, 6.45) is 0. The minimum Gasteiger partial charge on any atom is -0.172 e. The fourth-order valence-corrected chi connectivity index (χ4v) is 6.46. The summed E-state index contributed by atoms with van der Waals surface area (Å²) >= 11 is 1.28. The second-order valence-electron chi connectivity index (χ2n) is 10.4. The lowest BCUT2D eigenvalue weighted by molar-refractivity contribution is 1.56. The normalized spacial score (nSPS) is 11.4. The zero-order valence-corrected chi connectivity index (χ0v) is 23.0. The summed E-state index contributed by atoms with van der Waals surface area (Å²) in [5.74, 6) is 0. The molecule has 0 aliphatic rings. The van der Waals surface area contributed by atoms with Crippen LogP contribution in [-0.4, -0.2) is 8.75 Å². The topological polar surface area (TPSA) is 25.8 Å². The fraction of sp³-hybridized carbons (Fsp3) is 0. The lowest BCUT2D eigenvalue weighted by Gasteiger charge is -2.13. The Kier molecular flexibility index (Phi) is 5.68. The van der Waals surface area contributed by atoms with E-state index in [-0.39, 0.29) is 0 Å². The standard InChI is InChI=1S/C38H24N2S/c1-3-10-25(11-4-1)30-21-31(26-12-5-2-6-13-26)23-32(22-30)28-15-9-14-27(20-28)29-18-19-34-33-16-7-8-17-35(33)37-38(36(34)24-29)40-41-39-37/h1-24H. The Labute approximate surface area is 242 Å². The van der Waals surface area contributed by atoms with E-state index in [1.807, 2.05) is 0 Å². The number of rotatable bonds is 4. The van der Waals surface area contributed by atoms with E-state index in [1.165, 1.54) is 67.0 Å². The summed E-state index contributed by atoms with van der Waals surface area (Å²) in [6.45, 7) is 0. The van der Waals surface area contributed by atoms with Crippen LogP contribution in [0.15, 0.2) is 146 Å². The molecular formula is C38H24N2S. The van der Waals surface area contributed by atoms with Gasteiger partial charge in [0.05, 0.1) is 11.7 Å². The van der Waals surface area contributed by atoms with Gasteiger partial charge in [-0.1, -0.05) is 115 Å². The molecule has 0 aliphatic carbocycles. The second kappa shape index (κ2) is 9.81. The van der Waals surface area contributed by atoms with E-state index in [9.17, 15) is 0 Å². The van der Waals surface area contributed by atoms with Crippen molar-refractivity contribution in [3.63, 3.8) is 0 Å². The molecule has 1 aromatic heterocycles. The molecule has 0 amide bonds. The third-order valence-electron chi connectivity index (χ3n) is 7.91. The summed E-state index contributed by atoms with van der Waals surface area (Å²) in [7, 11) is 0. The zero-order chi connectivity index (χ0) is 27.2. The molecule has 2 nitrogen and oxygen atoms in total. The molecule has 0 saturated heterocycles. The van der Waals surface area contributed by atoms with Gasteiger partial charge in [-0.25, -0.2) is 0 Å². The van der Waals surface area contributed by atoms with Crippen molar-refractivity contribution in [1.82, 2.24) is 8.75 Å². The summed E-state index contributed by atoms with van der Waals surface area (Å²) in [4.78, 5) is 0. The Balaban J connectivity index is 1.29. The predicted octanol–water partition coefficient (Wildman–Crippen LogP) is 10.7. The van der Waals surface area contributed by atoms with Crippen molar-refractivity contribution in [3.05, 3.63) is 146 Å². The van der Waals surface area contributed by atoms with Crippen LogP contribution in [0.1, 0.15) is 0 Å². The smallest absolute Gasteiger partial charge is 0.113 e. The van der Waals surface area contributed by atoms with Gasteiger partial charge in [0.2, 0.25) is 0 Å². The molecule has 0 spiro atoms. The van der Waals surface area contributed by atoms with Crippen molar-refractivity contribution in [1.29, 1.82) is 0 Å². The molecule has 0 N–H and O–H groups in total. The average Bonchev–Trinajstić information content (AvgIpc) is 3.56. The van der Waals surface area contributed by atoms with Crippen LogP contribution in [0.2, 0.25) is 0 Å². The molecule has 0 radical (unpaired) electrons. The van der Waals surface area contributed by atoms with E-state index in [1.54, 1.807) is 0 Å².